The van der Waals surface area contributed by atoms with Crippen molar-refractivity contribution in [2.24, 2.45) is 5.92 Å². The Morgan fingerprint density at radius 1 is 1.25 bits per heavy atom. The van der Waals surface area contributed by atoms with Crippen molar-refractivity contribution >= 4 is 39.5 Å². The van der Waals surface area contributed by atoms with Crippen LogP contribution in [-0.2, 0) is 16.0 Å². The fraction of sp³-hybridized carbons (Fsp3) is 0.263. The lowest BCUT2D eigenvalue weighted by Crippen LogP contribution is -2.45. The maximum absolute atomic E-state index is 13.7. The molecular weight excluding hydrogens is 463 g/mol. The number of carbonyl (C=O) groups excluding carboxylic acids is 2. The van der Waals surface area contributed by atoms with E-state index in [0.29, 0.717) is 20.0 Å². The third-order valence-electron chi connectivity index (χ3n) is 4.43. The van der Waals surface area contributed by atoms with E-state index in [1.165, 1.54) is 18.2 Å². The lowest BCUT2D eigenvalue weighted by molar-refractivity contribution is -0.187. The lowest BCUT2D eigenvalue weighted by Gasteiger charge is -2.26. The molecule has 1 fully saturated rings. The molecule has 1 aliphatic rings. The van der Waals surface area contributed by atoms with E-state index >= 15 is 0 Å². The van der Waals surface area contributed by atoms with Crippen molar-refractivity contribution in [2.45, 2.75) is 18.6 Å². The second kappa shape index (κ2) is 8.13. The smallest absolute Gasteiger partial charge is 0.417 e. The summed E-state index contributed by atoms with van der Waals surface area (Å²) < 4.78 is 46.4. The van der Waals surface area contributed by atoms with Crippen LogP contribution in [0.25, 0.3) is 0 Å². The summed E-state index contributed by atoms with van der Waals surface area (Å²) >= 11 is 8.99. The summed E-state index contributed by atoms with van der Waals surface area (Å²) in [6.45, 7) is -0.191. The zero-order valence-electron chi connectivity index (χ0n) is 14.2. The molecule has 0 N–H and O–H groups in total. The normalized spacial score (nSPS) is 18.1. The van der Waals surface area contributed by atoms with Gasteiger partial charge < -0.3 is 4.74 Å². The summed E-state index contributed by atoms with van der Waals surface area (Å²) in [6.07, 6.45) is -6.56. The van der Waals surface area contributed by atoms with Crippen molar-refractivity contribution in [3.8, 4) is 0 Å². The highest BCUT2D eigenvalue weighted by atomic mass is 79.9. The van der Waals surface area contributed by atoms with Gasteiger partial charge in [0.25, 0.3) is 0 Å². The van der Waals surface area contributed by atoms with Crippen molar-refractivity contribution in [3.63, 3.8) is 0 Å². The number of nitrogens with zero attached hydrogens (tertiary/aromatic N) is 1. The van der Waals surface area contributed by atoms with Gasteiger partial charge in [0.15, 0.2) is 0 Å². The topological polar surface area (TPSA) is 46.6 Å². The number of benzene rings is 2. The maximum atomic E-state index is 13.7. The third-order valence-corrected chi connectivity index (χ3v) is 5.40. The number of hydrogen-bond acceptors (Lipinski definition) is 3. The van der Waals surface area contributed by atoms with Crippen LogP contribution in [0.2, 0.25) is 5.02 Å². The summed E-state index contributed by atoms with van der Waals surface area (Å²) in [7, 11) is 0. The van der Waals surface area contributed by atoms with Gasteiger partial charge in [0.05, 0.1) is 0 Å². The minimum atomic E-state index is -4.85. The molecule has 148 valence electrons. The molecule has 0 spiro atoms. The summed E-state index contributed by atoms with van der Waals surface area (Å²) in [5, 5.41) is 0.345. The van der Waals surface area contributed by atoms with E-state index < -0.39 is 36.6 Å². The number of hydrogen-bond donors (Lipinski definition) is 0. The summed E-state index contributed by atoms with van der Waals surface area (Å²) in [4.78, 5) is 25.5. The monoisotopic (exact) mass is 475 g/mol. The van der Waals surface area contributed by atoms with Crippen LogP contribution in [0.1, 0.15) is 17.2 Å². The predicted octanol–water partition coefficient (Wildman–Crippen LogP) is 5.54. The number of rotatable bonds is 4. The molecule has 0 aromatic heterocycles. The molecule has 0 bridgehead atoms. The summed E-state index contributed by atoms with van der Waals surface area (Å²) in [6, 6.07) is 11.7. The van der Waals surface area contributed by atoms with E-state index in [1.807, 2.05) is 0 Å². The van der Waals surface area contributed by atoms with E-state index in [1.54, 1.807) is 30.3 Å². The molecule has 4 nitrogen and oxygen atoms in total. The number of amides is 2. The maximum Gasteiger partial charge on any atom is 0.417 e. The van der Waals surface area contributed by atoms with Crippen molar-refractivity contribution in [1.82, 2.24) is 4.90 Å². The number of cyclic esters (lactones) is 1. The molecule has 1 aliphatic heterocycles. The standard InChI is InChI=1S/C19H14BrClF3NO3/c20-15-9-13(21)7-6-12(15)8-14(19(22,23)24)17(26)25-16(10-28-18(25)27)11-4-2-1-3-5-11/h1-7,9,14,16H,8,10H2/t14-,16+/m1/s1. The highest BCUT2D eigenvalue weighted by Gasteiger charge is 2.51. The molecule has 2 atom stereocenters. The number of ether oxygens (including phenoxy) is 1. The highest BCUT2D eigenvalue weighted by Crippen LogP contribution is 2.37. The summed E-state index contributed by atoms with van der Waals surface area (Å²) in [5.41, 5.74) is 0.777. The van der Waals surface area contributed by atoms with Gasteiger partial charge in [-0.05, 0) is 29.7 Å². The Balaban J connectivity index is 1.93. The van der Waals surface area contributed by atoms with Crippen LogP contribution in [0.4, 0.5) is 18.0 Å². The minimum absolute atomic E-state index is 0.191. The van der Waals surface area contributed by atoms with Gasteiger partial charge in [0.2, 0.25) is 5.91 Å². The van der Waals surface area contributed by atoms with Gasteiger partial charge in [-0.2, -0.15) is 13.2 Å². The second-order valence-electron chi connectivity index (χ2n) is 6.25. The minimum Gasteiger partial charge on any atom is -0.446 e. The molecule has 0 unspecified atom stereocenters. The molecule has 0 radical (unpaired) electrons. The Morgan fingerprint density at radius 2 is 1.93 bits per heavy atom. The summed E-state index contributed by atoms with van der Waals surface area (Å²) in [5.74, 6) is -3.74. The SMILES string of the molecule is O=C1OC[C@@H](c2ccccc2)N1C(=O)[C@@H](Cc1ccc(Cl)cc1Br)C(F)(F)F. The van der Waals surface area contributed by atoms with Crippen LogP contribution >= 0.6 is 27.5 Å². The molecule has 1 heterocycles. The van der Waals surface area contributed by atoms with Gasteiger partial charge >= 0.3 is 12.3 Å². The first-order valence-electron chi connectivity index (χ1n) is 8.24. The molecule has 0 aliphatic carbocycles. The predicted molar refractivity (Wildman–Crippen MR) is 99.8 cm³/mol. The molecule has 2 aromatic carbocycles. The second-order valence-corrected chi connectivity index (χ2v) is 7.54. The van der Waals surface area contributed by atoms with Gasteiger partial charge in [-0.1, -0.05) is 63.9 Å². The Labute approximate surface area is 172 Å². The van der Waals surface area contributed by atoms with E-state index in [-0.39, 0.29) is 12.2 Å². The number of halogens is 5. The average molecular weight is 477 g/mol. The zero-order valence-corrected chi connectivity index (χ0v) is 16.6. The zero-order chi connectivity index (χ0) is 20.5. The Kier molecular flexibility index (Phi) is 6.00. The van der Waals surface area contributed by atoms with E-state index in [2.05, 4.69) is 15.9 Å². The van der Waals surface area contributed by atoms with Crippen LogP contribution in [-0.4, -0.2) is 29.7 Å². The number of alkyl halides is 3. The van der Waals surface area contributed by atoms with Gasteiger partial charge in [-0.15, -0.1) is 0 Å². The average Bonchev–Trinajstić information content (AvgIpc) is 3.02. The Bertz CT molecular complexity index is 892. The molecule has 9 heteroatoms. The molecule has 2 aromatic rings. The first-order valence-corrected chi connectivity index (χ1v) is 9.41. The Hall–Kier alpha value is -2.06. The van der Waals surface area contributed by atoms with Crippen molar-refractivity contribution in [1.29, 1.82) is 0 Å². The fourth-order valence-corrected chi connectivity index (χ4v) is 3.85. The van der Waals surface area contributed by atoms with Crippen LogP contribution < -0.4 is 0 Å². The number of imide groups is 1. The van der Waals surface area contributed by atoms with Crippen LogP contribution in [0.5, 0.6) is 0 Å². The first-order chi connectivity index (χ1) is 13.2. The molecule has 1 saturated heterocycles. The van der Waals surface area contributed by atoms with Crippen molar-refractivity contribution in [3.05, 3.63) is 69.2 Å². The third kappa shape index (κ3) is 4.33. The van der Waals surface area contributed by atoms with Gasteiger partial charge in [-0.25, -0.2) is 9.69 Å². The van der Waals surface area contributed by atoms with E-state index in [4.69, 9.17) is 16.3 Å². The van der Waals surface area contributed by atoms with Crippen LogP contribution in [0.3, 0.4) is 0 Å². The number of carbonyl (C=O) groups is 2. The van der Waals surface area contributed by atoms with Crippen molar-refractivity contribution in [2.75, 3.05) is 6.61 Å². The van der Waals surface area contributed by atoms with Gasteiger partial charge in [0.1, 0.15) is 18.6 Å². The highest BCUT2D eigenvalue weighted by molar-refractivity contribution is 9.10. The van der Waals surface area contributed by atoms with Crippen LogP contribution in [0, 0.1) is 5.92 Å². The van der Waals surface area contributed by atoms with Crippen LogP contribution in [0.15, 0.2) is 53.0 Å². The largest absolute Gasteiger partial charge is 0.446 e. The molecule has 2 amide bonds. The molecular formula is C19H14BrClF3NO3. The van der Waals surface area contributed by atoms with E-state index in [9.17, 15) is 22.8 Å². The first kappa shape index (κ1) is 20.7. The van der Waals surface area contributed by atoms with Crippen molar-refractivity contribution < 1.29 is 27.5 Å². The molecule has 28 heavy (non-hydrogen) atoms. The molecule has 3 rings (SSSR count). The Morgan fingerprint density at radius 3 is 2.54 bits per heavy atom. The van der Waals surface area contributed by atoms with Gasteiger partial charge in [0, 0.05) is 9.50 Å². The quantitative estimate of drug-likeness (QED) is 0.582. The van der Waals surface area contributed by atoms with Gasteiger partial charge in [-0.3, -0.25) is 4.79 Å². The lowest BCUT2D eigenvalue weighted by atomic mass is 9.96. The fourth-order valence-electron chi connectivity index (χ4n) is 3.00. The molecule has 0 saturated carbocycles. The van der Waals surface area contributed by atoms with E-state index in [0.717, 1.165) is 0 Å².